The first-order valence-corrected chi connectivity index (χ1v) is 9.85. The zero-order chi connectivity index (χ0) is 19.4. The molecule has 3 heterocycles. The molecule has 3 rings (SSSR count). The highest BCUT2D eigenvalue weighted by atomic mass is 15.3. The summed E-state index contributed by atoms with van der Waals surface area (Å²) in [6.07, 6.45) is 12.7. The SMILES string of the molecule is Cc1c(C(C)CCc2cnn(C(C)C)c2)cnn1CCC(C)n1cncn1. The molecule has 0 saturated heterocycles. The van der Waals surface area contributed by atoms with Crippen molar-refractivity contribution >= 4 is 0 Å². The van der Waals surface area contributed by atoms with Gasteiger partial charge in [-0.05, 0) is 64.0 Å². The minimum Gasteiger partial charge on any atom is -0.270 e. The number of aryl methyl sites for hydroxylation is 2. The second-order valence-electron chi connectivity index (χ2n) is 7.78. The molecule has 0 aliphatic carbocycles. The number of hydrogen-bond donors (Lipinski definition) is 0. The summed E-state index contributed by atoms with van der Waals surface area (Å²) in [7, 11) is 0. The third-order valence-corrected chi connectivity index (χ3v) is 5.37. The van der Waals surface area contributed by atoms with E-state index in [1.165, 1.54) is 16.8 Å². The van der Waals surface area contributed by atoms with Crippen LogP contribution in [0, 0.1) is 6.92 Å². The second kappa shape index (κ2) is 8.50. The van der Waals surface area contributed by atoms with Gasteiger partial charge in [-0.1, -0.05) is 6.92 Å². The van der Waals surface area contributed by atoms with Crippen LogP contribution in [0.1, 0.15) is 75.4 Å². The van der Waals surface area contributed by atoms with E-state index in [2.05, 4.69) is 65.8 Å². The number of hydrogen-bond acceptors (Lipinski definition) is 4. The molecule has 7 heteroatoms. The van der Waals surface area contributed by atoms with Gasteiger partial charge in [0, 0.05) is 24.5 Å². The van der Waals surface area contributed by atoms with E-state index >= 15 is 0 Å². The van der Waals surface area contributed by atoms with Crippen molar-refractivity contribution in [3.8, 4) is 0 Å². The fourth-order valence-corrected chi connectivity index (χ4v) is 3.38. The first-order valence-electron chi connectivity index (χ1n) is 9.85. The maximum absolute atomic E-state index is 4.63. The van der Waals surface area contributed by atoms with Crippen LogP contribution in [0.5, 0.6) is 0 Å². The van der Waals surface area contributed by atoms with E-state index in [4.69, 9.17) is 0 Å². The average molecular weight is 370 g/mol. The van der Waals surface area contributed by atoms with Crippen molar-refractivity contribution in [3.05, 3.63) is 48.1 Å². The smallest absolute Gasteiger partial charge is 0.137 e. The van der Waals surface area contributed by atoms with E-state index in [0.29, 0.717) is 18.0 Å². The summed E-state index contributed by atoms with van der Waals surface area (Å²) in [4.78, 5) is 4.02. The Hall–Kier alpha value is -2.44. The minimum absolute atomic E-state index is 0.314. The summed E-state index contributed by atoms with van der Waals surface area (Å²) in [6, 6.07) is 0.728. The Morgan fingerprint density at radius 3 is 2.44 bits per heavy atom. The van der Waals surface area contributed by atoms with Crippen LogP contribution in [0.4, 0.5) is 0 Å². The zero-order valence-electron chi connectivity index (χ0n) is 17.1. The maximum atomic E-state index is 4.63. The molecule has 0 radical (unpaired) electrons. The van der Waals surface area contributed by atoms with Gasteiger partial charge in [-0.15, -0.1) is 0 Å². The highest BCUT2D eigenvalue weighted by Gasteiger charge is 2.15. The van der Waals surface area contributed by atoms with Crippen molar-refractivity contribution < 1.29 is 0 Å². The molecular formula is C20H31N7. The summed E-state index contributed by atoms with van der Waals surface area (Å²) in [5.74, 6) is 0.480. The van der Waals surface area contributed by atoms with Crippen LogP contribution in [0.25, 0.3) is 0 Å². The molecule has 2 unspecified atom stereocenters. The summed E-state index contributed by atoms with van der Waals surface area (Å²) in [5.41, 5.74) is 3.92. The van der Waals surface area contributed by atoms with Crippen LogP contribution in [0.15, 0.2) is 31.2 Å². The predicted molar refractivity (Wildman–Crippen MR) is 106 cm³/mol. The molecule has 27 heavy (non-hydrogen) atoms. The van der Waals surface area contributed by atoms with Gasteiger partial charge in [0.05, 0.1) is 18.4 Å². The molecule has 146 valence electrons. The Morgan fingerprint density at radius 1 is 0.963 bits per heavy atom. The van der Waals surface area contributed by atoms with Gasteiger partial charge >= 0.3 is 0 Å². The molecule has 3 aromatic heterocycles. The Balaban J connectivity index is 1.55. The molecule has 0 bridgehead atoms. The van der Waals surface area contributed by atoms with E-state index in [0.717, 1.165) is 25.8 Å². The van der Waals surface area contributed by atoms with Gasteiger partial charge in [-0.2, -0.15) is 15.3 Å². The quantitative estimate of drug-likeness (QED) is 0.573. The molecule has 3 aromatic rings. The summed E-state index contributed by atoms with van der Waals surface area (Å²) < 4.78 is 6.05. The standard InChI is InChI=1S/C20H31N7/c1-15(2)26-12-19(10-22-26)7-6-16(3)20-11-23-25(18(20)5)9-8-17(4)27-14-21-13-24-27/h10-17H,6-9H2,1-5H3. The van der Waals surface area contributed by atoms with Crippen LogP contribution in [-0.2, 0) is 13.0 Å². The molecule has 0 aliphatic rings. The van der Waals surface area contributed by atoms with Crippen LogP contribution < -0.4 is 0 Å². The topological polar surface area (TPSA) is 66.3 Å². The number of rotatable bonds is 9. The molecular weight excluding hydrogens is 338 g/mol. The normalized spacial score (nSPS) is 14.0. The Bertz CT molecular complexity index is 829. The highest BCUT2D eigenvalue weighted by Crippen LogP contribution is 2.25. The Kier molecular flexibility index (Phi) is 6.08. The first kappa shape index (κ1) is 19.3. The van der Waals surface area contributed by atoms with E-state index in [9.17, 15) is 0 Å². The lowest BCUT2D eigenvalue weighted by Gasteiger charge is -2.14. The predicted octanol–water partition coefficient (Wildman–Crippen LogP) is 3.95. The molecule has 2 atom stereocenters. The van der Waals surface area contributed by atoms with Gasteiger partial charge < -0.3 is 0 Å². The molecule has 0 aromatic carbocycles. The third-order valence-electron chi connectivity index (χ3n) is 5.37. The van der Waals surface area contributed by atoms with Crippen LogP contribution in [0.2, 0.25) is 0 Å². The fraction of sp³-hybridized carbons (Fsp3) is 0.600. The summed E-state index contributed by atoms with van der Waals surface area (Å²) >= 11 is 0. The second-order valence-corrected chi connectivity index (χ2v) is 7.78. The van der Waals surface area contributed by atoms with Gasteiger partial charge in [0.2, 0.25) is 0 Å². The zero-order valence-corrected chi connectivity index (χ0v) is 17.1. The molecule has 0 amide bonds. The molecule has 7 nitrogen and oxygen atoms in total. The van der Waals surface area contributed by atoms with Crippen molar-refractivity contribution in [1.82, 2.24) is 34.3 Å². The average Bonchev–Trinajstić information content (AvgIpc) is 3.38. The summed E-state index contributed by atoms with van der Waals surface area (Å²) in [5, 5.41) is 13.3. The molecule has 0 fully saturated rings. The van der Waals surface area contributed by atoms with Crippen LogP contribution in [-0.4, -0.2) is 34.3 Å². The van der Waals surface area contributed by atoms with Gasteiger partial charge in [0.1, 0.15) is 12.7 Å². The lowest BCUT2D eigenvalue weighted by atomic mass is 9.95. The van der Waals surface area contributed by atoms with E-state index in [1.807, 2.05) is 21.8 Å². The van der Waals surface area contributed by atoms with E-state index in [-0.39, 0.29) is 0 Å². The minimum atomic E-state index is 0.314. The third kappa shape index (κ3) is 4.64. The van der Waals surface area contributed by atoms with Crippen molar-refractivity contribution in [2.24, 2.45) is 0 Å². The lowest BCUT2D eigenvalue weighted by molar-refractivity contribution is 0.411. The maximum Gasteiger partial charge on any atom is 0.137 e. The van der Waals surface area contributed by atoms with Crippen LogP contribution >= 0.6 is 0 Å². The van der Waals surface area contributed by atoms with Crippen molar-refractivity contribution in [1.29, 1.82) is 0 Å². The van der Waals surface area contributed by atoms with E-state index in [1.54, 1.807) is 12.7 Å². The number of nitrogens with zero attached hydrogens (tertiary/aromatic N) is 7. The molecule has 0 spiro atoms. The first-order chi connectivity index (χ1) is 13.0. The monoisotopic (exact) mass is 369 g/mol. The molecule has 0 saturated carbocycles. The van der Waals surface area contributed by atoms with Gasteiger partial charge in [0.15, 0.2) is 0 Å². The Labute approximate surface area is 161 Å². The lowest BCUT2D eigenvalue weighted by Crippen LogP contribution is -2.11. The highest BCUT2D eigenvalue weighted by molar-refractivity contribution is 5.21. The largest absolute Gasteiger partial charge is 0.270 e. The number of aromatic nitrogens is 7. The Morgan fingerprint density at radius 2 is 1.78 bits per heavy atom. The fourth-order valence-electron chi connectivity index (χ4n) is 3.38. The molecule has 0 N–H and O–H groups in total. The van der Waals surface area contributed by atoms with E-state index < -0.39 is 0 Å². The van der Waals surface area contributed by atoms with Crippen LogP contribution in [0.3, 0.4) is 0 Å². The molecule has 0 aliphatic heterocycles. The van der Waals surface area contributed by atoms with Crippen molar-refractivity contribution in [2.75, 3.05) is 0 Å². The summed E-state index contributed by atoms with van der Waals surface area (Å²) in [6.45, 7) is 11.8. The van der Waals surface area contributed by atoms with Crippen molar-refractivity contribution in [2.45, 2.75) is 78.4 Å². The van der Waals surface area contributed by atoms with Crippen molar-refractivity contribution in [3.63, 3.8) is 0 Å². The van der Waals surface area contributed by atoms with Gasteiger partial charge in [-0.25, -0.2) is 4.98 Å². The van der Waals surface area contributed by atoms with Gasteiger partial charge in [-0.3, -0.25) is 14.0 Å². The van der Waals surface area contributed by atoms with Gasteiger partial charge in [0.25, 0.3) is 0 Å².